The number of halogens is 2. The first-order valence-corrected chi connectivity index (χ1v) is 11.8. The van der Waals surface area contributed by atoms with Gasteiger partial charge in [0.25, 0.3) is 5.91 Å². The van der Waals surface area contributed by atoms with Gasteiger partial charge in [0.1, 0.15) is 18.1 Å². The molecule has 1 aliphatic heterocycles. The predicted octanol–water partition coefficient (Wildman–Crippen LogP) is 7.41. The van der Waals surface area contributed by atoms with Crippen molar-refractivity contribution in [1.82, 2.24) is 0 Å². The molecule has 1 heterocycles. The summed E-state index contributed by atoms with van der Waals surface area (Å²) in [4.78, 5) is 13.6. The van der Waals surface area contributed by atoms with Gasteiger partial charge < -0.3 is 4.74 Å². The zero-order valence-corrected chi connectivity index (χ0v) is 20.1. The molecule has 35 heavy (non-hydrogen) atoms. The summed E-state index contributed by atoms with van der Waals surface area (Å²) in [6, 6.07) is 31.8. The number of nitrogens with zero attached hydrogens (tertiary/aromatic N) is 2. The molecule has 0 unspecified atom stereocenters. The summed E-state index contributed by atoms with van der Waals surface area (Å²) < 4.78 is 6.10. The fraction of sp³-hybridized carbons (Fsp3) is 0.0345. The first-order chi connectivity index (χ1) is 17.1. The SMILES string of the molecule is O=C1/C(=C\c2cc(Cl)ccc2OCc2ccc(Cl)cc2)C(c2ccccc2)=NN1c1ccccc1. The van der Waals surface area contributed by atoms with Crippen molar-refractivity contribution in [3.63, 3.8) is 0 Å². The molecule has 0 saturated heterocycles. The minimum Gasteiger partial charge on any atom is -0.488 e. The van der Waals surface area contributed by atoms with Crippen LogP contribution >= 0.6 is 23.2 Å². The first kappa shape index (κ1) is 22.9. The van der Waals surface area contributed by atoms with E-state index < -0.39 is 0 Å². The third-order valence-electron chi connectivity index (χ3n) is 5.51. The largest absolute Gasteiger partial charge is 0.488 e. The van der Waals surface area contributed by atoms with Crippen LogP contribution in [0, 0.1) is 0 Å². The summed E-state index contributed by atoms with van der Waals surface area (Å²) in [6.45, 7) is 0.346. The van der Waals surface area contributed by atoms with Crippen LogP contribution in [0.5, 0.6) is 5.75 Å². The maximum atomic E-state index is 13.6. The number of hydrogen-bond donors (Lipinski definition) is 0. The molecule has 0 saturated carbocycles. The van der Waals surface area contributed by atoms with Crippen LogP contribution in [0.25, 0.3) is 6.08 Å². The van der Waals surface area contributed by atoms with Crippen molar-refractivity contribution in [3.8, 4) is 5.75 Å². The summed E-state index contributed by atoms with van der Waals surface area (Å²) in [6.07, 6.45) is 1.79. The van der Waals surface area contributed by atoms with E-state index in [1.807, 2.05) is 84.9 Å². The van der Waals surface area contributed by atoms with Crippen LogP contribution < -0.4 is 9.75 Å². The van der Waals surface area contributed by atoms with E-state index in [0.29, 0.717) is 44.9 Å². The molecule has 0 fully saturated rings. The van der Waals surface area contributed by atoms with E-state index in [9.17, 15) is 4.79 Å². The van der Waals surface area contributed by atoms with Crippen molar-refractivity contribution in [3.05, 3.63) is 135 Å². The number of anilines is 1. The van der Waals surface area contributed by atoms with E-state index in [4.69, 9.17) is 27.9 Å². The number of amides is 1. The van der Waals surface area contributed by atoms with E-state index in [1.165, 1.54) is 5.01 Å². The molecule has 0 aromatic heterocycles. The Labute approximate surface area is 213 Å². The predicted molar refractivity (Wildman–Crippen MR) is 142 cm³/mol. The fourth-order valence-electron chi connectivity index (χ4n) is 3.76. The Kier molecular flexibility index (Phi) is 6.66. The molecule has 0 radical (unpaired) electrons. The molecule has 172 valence electrons. The third kappa shape index (κ3) is 5.14. The summed E-state index contributed by atoms with van der Waals surface area (Å²) in [5.41, 5.74) is 4.24. The smallest absolute Gasteiger partial charge is 0.281 e. The van der Waals surface area contributed by atoms with Crippen molar-refractivity contribution in [1.29, 1.82) is 0 Å². The minimum atomic E-state index is -0.223. The van der Waals surface area contributed by atoms with Gasteiger partial charge in [0.15, 0.2) is 0 Å². The van der Waals surface area contributed by atoms with E-state index in [1.54, 1.807) is 24.3 Å². The average Bonchev–Trinajstić information content (AvgIpc) is 3.21. The maximum Gasteiger partial charge on any atom is 0.281 e. The Bertz CT molecular complexity index is 1420. The highest BCUT2D eigenvalue weighted by molar-refractivity contribution is 6.37. The van der Waals surface area contributed by atoms with E-state index in [2.05, 4.69) is 5.10 Å². The Morgan fingerprint density at radius 3 is 2.17 bits per heavy atom. The zero-order chi connectivity index (χ0) is 24.2. The van der Waals surface area contributed by atoms with Crippen molar-refractivity contribution < 1.29 is 9.53 Å². The molecule has 4 aromatic carbocycles. The van der Waals surface area contributed by atoms with E-state index >= 15 is 0 Å². The van der Waals surface area contributed by atoms with Gasteiger partial charge in [-0.1, -0.05) is 83.9 Å². The summed E-state index contributed by atoms with van der Waals surface area (Å²) in [7, 11) is 0. The van der Waals surface area contributed by atoms with Gasteiger partial charge in [-0.25, -0.2) is 0 Å². The zero-order valence-electron chi connectivity index (χ0n) is 18.6. The highest BCUT2D eigenvalue weighted by Crippen LogP contribution is 2.31. The number of benzene rings is 4. The summed E-state index contributed by atoms with van der Waals surface area (Å²) in [5, 5.41) is 7.32. The molecule has 1 amide bonds. The minimum absolute atomic E-state index is 0.223. The van der Waals surface area contributed by atoms with E-state index in [-0.39, 0.29) is 5.91 Å². The molecule has 5 rings (SSSR count). The molecule has 4 aromatic rings. The second kappa shape index (κ2) is 10.2. The van der Waals surface area contributed by atoms with Gasteiger partial charge in [0.05, 0.1) is 11.3 Å². The number of hydrazone groups is 1. The lowest BCUT2D eigenvalue weighted by molar-refractivity contribution is -0.114. The molecule has 6 heteroatoms. The normalized spacial score (nSPS) is 14.3. The molecule has 4 nitrogen and oxygen atoms in total. The highest BCUT2D eigenvalue weighted by Gasteiger charge is 2.32. The number of hydrogen-bond acceptors (Lipinski definition) is 3. The van der Waals surface area contributed by atoms with Gasteiger partial charge in [0, 0.05) is 21.2 Å². The van der Waals surface area contributed by atoms with Crippen molar-refractivity contribution in [2.45, 2.75) is 6.61 Å². The van der Waals surface area contributed by atoms with Gasteiger partial charge in [-0.15, -0.1) is 0 Å². The monoisotopic (exact) mass is 498 g/mol. The number of rotatable bonds is 6. The number of carbonyl (C=O) groups is 1. The van der Waals surface area contributed by atoms with Crippen LogP contribution in [0.15, 0.2) is 114 Å². The van der Waals surface area contributed by atoms with Gasteiger partial charge in [-0.3, -0.25) is 4.79 Å². The van der Waals surface area contributed by atoms with Crippen LogP contribution in [0.4, 0.5) is 5.69 Å². The lowest BCUT2D eigenvalue weighted by Crippen LogP contribution is -2.21. The quantitative estimate of drug-likeness (QED) is 0.259. The van der Waals surface area contributed by atoms with Gasteiger partial charge in [-0.2, -0.15) is 10.1 Å². The molecule has 0 atom stereocenters. The van der Waals surface area contributed by atoms with Crippen molar-refractivity contribution in [2.75, 3.05) is 5.01 Å². The highest BCUT2D eigenvalue weighted by atomic mass is 35.5. The van der Waals surface area contributed by atoms with Crippen LogP contribution in [0.1, 0.15) is 16.7 Å². The van der Waals surface area contributed by atoms with Crippen molar-refractivity contribution in [2.24, 2.45) is 5.10 Å². The second-order valence-electron chi connectivity index (χ2n) is 7.92. The lowest BCUT2D eigenvalue weighted by atomic mass is 10.00. The Morgan fingerprint density at radius 1 is 0.800 bits per heavy atom. The van der Waals surface area contributed by atoms with Crippen LogP contribution in [-0.4, -0.2) is 11.6 Å². The Hall–Kier alpha value is -3.86. The standard InChI is InChI=1S/C29H20Cl2N2O2/c30-23-13-11-20(12-14-23)19-35-27-16-15-24(31)17-22(27)18-26-28(21-7-3-1-4-8-21)32-33(29(26)34)25-9-5-2-6-10-25/h1-18H,19H2/b26-18-. The Balaban J connectivity index is 1.54. The van der Waals surface area contributed by atoms with Crippen LogP contribution in [0.3, 0.4) is 0 Å². The van der Waals surface area contributed by atoms with Gasteiger partial charge >= 0.3 is 0 Å². The van der Waals surface area contributed by atoms with Crippen LogP contribution in [0.2, 0.25) is 10.0 Å². The van der Waals surface area contributed by atoms with Gasteiger partial charge in [0.2, 0.25) is 0 Å². The topological polar surface area (TPSA) is 41.9 Å². The number of para-hydroxylation sites is 1. The lowest BCUT2D eigenvalue weighted by Gasteiger charge is -2.12. The summed E-state index contributed by atoms with van der Waals surface area (Å²) >= 11 is 12.3. The first-order valence-electron chi connectivity index (χ1n) is 11.0. The van der Waals surface area contributed by atoms with Crippen LogP contribution in [-0.2, 0) is 11.4 Å². The molecule has 1 aliphatic rings. The molecule has 0 bridgehead atoms. The molecular weight excluding hydrogens is 479 g/mol. The second-order valence-corrected chi connectivity index (χ2v) is 8.80. The number of carbonyl (C=O) groups excluding carboxylic acids is 1. The summed E-state index contributed by atoms with van der Waals surface area (Å²) in [5.74, 6) is 0.383. The Morgan fingerprint density at radius 2 is 1.46 bits per heavy atom. The third-order valence-corrected chi connectivity index (χ3v) is 5.99. The molecule has 0 aliphatic carbocycles. The maximum absolute atomic E-state index is 13.6. The molecule has 0 N–H and O–H groups in total. The van der Waals surface area contributed by atoms with Crippen molar-refractivity contribution >= 4 is 46.6 Å². The molecule has 0 spiro atoms. The number of ether oxygens (including phenoxy) is 1. The van der Waals surface area contributed by atoms with E-state index in [0.717, 1.165) is 11.1 Å². The fourth-order valence-corrected chi connectivity index (χ4v) is 4.07. The average molecular weight is 499 g/mol. The van der Waals surface area contributed by atoms with Gasteiger partial charge in [-0.05, 0) is 54.1 Å². The molecular formula is C29H20Cl2N2O2.